The minimum Gasteiger partial charge on any atom is -0.481 e. The van der Waals surface area contributed by atoms with Gasteiger partial charge in [0, 0.05) is 19.4 Å². The number of hydrogen-bond acceptors (Lipinski definition) is 5. The summed E-state index contributed by atoms with van der Waals surface area (Å²) in [4.78, 5) is 41.2. The Morgan fingerprint density at radius 1 is 1.27 bits per heavy atom. The summed E-state index contributed by atoms with van der Waals surface area (Å²) in [6, 6.07) is 6.71. The molecule has 7 heteroatoms. The first-order valence-corrected chi connectivity index (χ1v) is 6.95. The molecule has 0 aliphatic carbocycles. The second-order valence-electron chi connectivity index (χ2n) is 5.24. The van der Waals surface area contributed by atoms with Crippen LogP contribution in [-0.2, 0) is 9.63 Å². The molecule has 0 unspecified atom stereocenters. The van der Waals surface area contributed by atoms with Gasteiger partial charge in [-0.25, -0.2) is 0 Å². The number of hydrogen-bond donors (Lipinski definition) is 1. The van der Waals surface area contributed by atoms with Crippen molar-refractivity contribution in [3.63, 3.8) is 0 Å². The number of amides is 2. The van der Waals surface area contributed by atoms with Gasteiger partial charge in [-0.1, -0.05) is 17.3 Å². The van der Waals surface area contributed by atoms with Crippen molar-refractivity contribution in [2.75, 3.05) is 6.54 Å². The van der Waals surface area contributed by atoms with E-state index in [9.17, 15) is 14.4 Å². The molecule has 0 radical (unpaired) electrons. The molecule has 3 rings (SSSR count). The molecule has 1 aromatic carbocycles. The Balaban J connectivity index is 1.59. The van der Waals surface area contributed by atoms with Gasteiger partial charge in [-0.05, 0) is 12.1 Å². The van der Waals surface area contributed by atoms with Crippen molar-refractivity contribution in [1.82, 2.24) is 4.90 Å². The van der Waals surface area contributed by atoms with Gasteiger partial charge in [0.2, 0.25) is 0 Å². The second-order valence-corrected chi connectivity index (χ2v) is 5.24. The molecule has 2 aliphatic rings. The van der Waals surface area contributed by atoms with Crippen LogP contribution in [0.15, 0.2) is 29.4 Å². The van der Waals surface area contributed by atoms with Crippen LogP contribution in [0.2, 0.25) is 0 Å². The molecule has 2 heterocycles. The van der Waals surface area contributed by atoms with Crippen molar-refractivity contribution >= 4 is 23.5 Å². The van der Waals surface area contributed by atoms with Gasteiger partial charge >= 0.3 is 5.97 Å². The van der Waals surface area contributed by atoms with Crippen LogP contribution < -0.4 is 0 Å². The Kier molecular flexibility index (Phi) is 3.62. The first-order valence-electron chi connectivity index (χ1n) is 6.95. The number of fused-ring (bicyclic) bond motifs is 1. The largest absolute Gasteiger partial charge is 0.481 e. The van der Waals surface area contributed by atoms with Crippen LogP contribution in [0.1, 0.15) is 40.0 Å². The highest BCUT2D eigenvalue weighted by Crippen LogP contribution is 2.23. The number of carbonyl (C=O) groups excluding carboxylic acids is 2. The number of nitrogens with zero attached hydrogens (tertiary/aromatic N) is 2. The lowest BCUT2D eigenvalue weighted by molar-refractivity contribution is -0.139. The molecule has 0 saturated heterocycles. The fraction of sp³-hybridized carbons (Fsp3) is 0.333. The molecule has 1 aromatic rings. The number of aliphatic carboxylic acids is 1. The van der Waals surface area contributed by atoms with Gasteiger partial charge in [0.1, 0.15) is 6.10 Å². The van der Waals surface area contributed by atoms with E-state index in [2.05, 4.69) is 5.16 Å². The minimum atomic E-state index is -0.943. The van der Waals surface area contributed by atoms with Gasteiger partial charge in [0.05, 0.1) is 23.3 Å². The fourth-order valence-corrected chi connectivity index (χ4v) is 2.62. The van der Waals surface area contributed by atoms with E-state index in [1.54, 1.807) is 24.3 Å². The zero-order valence-electron chi connectivity index (χ0n) is 11.7. The van der Waals surface area contributed by atoms with Gasteiger partial charge in [-0.3, -0.25) is 19.3 Å². The smallest absolute Gasteiger partial charge is 0.307 e. The van der Waals surface area contributed by atoms with E-state index in [1.165, 1.54) is 4.90 Å². The first kappa shape index (κ1) is 14.2. The molecular formula is C15H14N2O5. The summed E-state index contributed by atoms with van der Waals surface area (Å²) in [7, 11) is 0. The average Bonchev–Trinajstić information content (AvgIpc) is 3.02. The van der Waals surface area contributed by atoms with Crippen LogP contribution in [0.5, 0.6) is 0 Å². The normalized spacial score (nSPS) is 19.9. The Labute approximate surface area is 126 Å². The predicted molar refractivity (Wildman–Crippen MR) is 75.6 cm³/mol. The van der Waals surface area contributed by atoms with Crippen molar-refractivity contribution < 1.29 is 24.3 Å². The van der Waals surface area contributed by atoms with Gasteiger partial charge in [0.15, 0.2) is 0 Å². The molecule has 0 fully saturated rings. The Morgan fingerprint density at radius 2 is 1.91 bits per heavy atom. The number of carboxylic acid groups (broad SMARTS) is 1. The maximum absolute atomic E-state index is 12.2. The third-order valence-corrected chi connectivity index (χ3v) is 3.70. The number of oxime groups is 1. The second kappa shape index (κ2) is 5.59. The third kappa shape index (κ3) is 2.57. The zero-order chi connectivity index (χ0) is 15.7. The summed E-state index contributed by atoms with van der Waals surface area (Å²) >= 11 is 0. The standard InChI is InChI=1S/C15H14N2O5/c18-13(19)8-10-7-9(16-22-10)5-6-17-14(20)11-3-1-2-4-12(11)15(17)21/h1-4,10H,5-8H2,(H,18,19)/t10-/m1/s1. The lowest BCUT2D eigenvalue weighted by Crippen LogP contribution is -2.31. The molecule has 114 valence electrons. The van der Waals surface area contributed by atoms with Crippen LogP contribution >= 0.6 is 0 Å². The van der Waals surface area contributed by atoms with Crippen molar-refractivity contribution in [2.45, 2.75) is 25.4 Å². The van der Waals surface area contributed by atoms with Crippen LogP contribution in [0.25, 0.3) is 0 Å². The lowest BCUT2D eigenvalue weighted by Gasteiger charge is -2.13. The summed E-state index contributed by atoms with van der Waals surface area (Å²) in [5.41, 5.74) is 1.50. The molecule has 22 heavy (non-hydrogen) atoms. The molecule has 0 aromatic heterocycles. The van der Waals surface area contributed by atoms with Gasteiger partial charge in [0.25, 0.3) is 11.8 Å². The third-order valence-electron chi connectivity index (χ3n) is 3.70. The quantitative estimate of drug-likeness (QED) is 0.827. The topological polar surface area (TPSA) is 96.3 Å². The van der Waals surface area contributed by atoms with E-state index in [0.717, 1.165) is 0 Å². The van der Waals surface area contributed by atoms with E-state index in [4.69, 9.17) is 9.94 Å². The molecule has 1 N–H and O–H groups in total. The summed E-state index contributed by atoms with van der Waals surface area (Å²) < 4.78 is 0. The van der Waals surface area contributed by atoms with Crippen LogP contribution in [-0.4, -0.2) is 46.2 Å². The van der Waals surface area contributed by atoms with Gasteiger partial charge in [-0.2, -0.15) is 0 Å². The van der Waals surface area contributed by atoms with Crippen LogP contribution in [0.4, 0.5) is 0 Å². The van der Waals surface area contributed by atoms with E-state index >= 15 is 0 Å². The highest BCUT2D eigenvalue weighted by molar-refractivity contribution is 6.21. The summed E-state index contributed by atoms with van der Waals surface area (Å²) in [6.45, 7) is 0.217. The van der Waals surface area contributed by atoms with E-state index in [1.807, 2.05) is 0 Å². The van der Waals surface area contributed by atoms with E-state index in [-0.39, 0.29) is 24.8 Å². The van der Waals surface area contributed by atoms with Crippen molar-refractivity contribution in [3.05, 3.63) is 35.4 Å². The molecule has 0 spiro atoms. The number of rotatable bonds is 5. The maximum Gasteiger partial charge on any atom is 0.307 e. The SMILES string of the molecule is O=C(O)C[C@H]1CC(CCN2C(=O)c3ccccc3C2=O)=NO1. The van der Waals surface area contributed by atoms with E-state index < -0.39 is 12.1 Å². The molecule has 2 aliphatic heterocycles. The maximum atomic E-state index is 12.2. The first-order chi connectivity index (χ1) is 10.6. The molecule has 1 atom stereocenters. The molecule has 0 saturated carbocycles. The van der Waals surface area contributed by atoms with Crippen molar-refractivity contribution in [3.8, 4) is 0 Å². The Bertz CT molecular complexity index is 647. The highest BCUT2D eigenvalue weighted by Gasteiger charge is 2.35. The number of carbonyl (C=O) groups is 3. The van der Waals surface area contributed by atoms with Crippen molar-refractivity contribution in [2.24, 2.45) is 5.16 Å². The number of carboxylic acids is 1. The Hall–Kier alpha value is -2.70. The predicted octanol–water partition coefficient (Wildman–Crippen LogP) is 1.29. The number of benzene rings is 1. The summed E-state index contributed by atoms with van der Waals surface area (Å²) in [5.74, 6) is -1.55. The lowest BCUT2D eigenvalue weighted by atomic mass is 10.1. The Morgan fingerprint density at radius 3 is 2.50 bits per heavy atom. The average molecular weight is 302 g/mol. The van der Waals surface area contributed by atoms with Gasteiger partial charge in [-0.15, -0.1) is 0 Å². The van der Waals surface area contributed by atoms with Crippen molar-refractivity contribution in [1.29, 1.82) is 0 Å². The highest BCUT2D eigenvalue weighted by atomic mass is 16.6. The van der Waals surface area contributed by atoms with Gasteiger partial charge < -0.3 is 9.94 Å². The fourth-order valence-electron chi connectivity index (χ4n) is 2.62. The molecular weight excluding hydrogens is 288 g/mol. The van der Waals surface area contributed by atoms with E-state index in [0.29, 0.717) is 29.7 Å². The number of imide groups is 1. The summed E-state index contributed by atoms with van der Waals surface area (Å²) in [5, 5.41) is 12.5. The molecule has 2 amide bonds. The minimum absolute atomic E-state index is 0.111. The molecule has 0 bridgehead atoms. The molecule has 7 nitrogen and oxygen atoms in total. The zero-order valence-corrected chi connectivity index (χ0v) is 11.7. The van der Waals surface area contributed by atoms with Crippen LogP contribution in [0.3, 0.4) is 0 Å². The summed E-state index contributed by atoms with van der Waals surface area (Å²) in [6.07, 6.45) is 0.228. The van der Waals surface area contributed by atoms with Crippen LogP contribution in [0, 0.1) is 0 Å². The monoisotopic (exact) mass is 302 g/mol.